The van der Waals surface area contributed by atoms with Gasteiger partial charge in [0.25, 0.3) is 0 Å². The Labute approximate surface area is 163 Å². The van der Waals surface area contributed by atoms with Gasteiger partial charge in [-0.3, -0.25) is 0 Å². The van der Waals surface area contributed by atoms with Gasteiger partial charge in [-0.15, -0.1) is 0 Å². The van der Waals surface area contributed by atoms with Gasteiger partial charge >= 0.3 is 0 Å². The van der Waals surface area contributed by atoms with Crippen molar-refractivity contribution in [3.8, 4) is 0 Å². The van der Waals surface area contributed by atoms with Crippen LogP contribution >= 0.6 is 0 Å². The molecule has 0 saturated heterocycles. The van der Waals surface area contributed by atoms with E-state index in [0.717, 1.165) is 16.6 Å². The Morgan fingerprint density at radius 1 is 0.692 bits per heavy atom. The molecule has 2 nitrogen and oxygen atoms in total. The van der Waals surface area contributed by atoms with Crippen LogP contribution in [-0.2, 0) is 13.2 Å². The van der Waals surface area contributed by atoms with Crippen molar-refractivity contribution in [1.82, 2.24) is 0 Å². The molecule has 1 aromatic rings. The first kappa shape index (κ1) is 23.2. The maximum atomic E-state index is 9.50. The Bertz CT molecular complexity index is 455. The van der Waals surface area contributed by atoms with Crippen LogP contribution in [0.5, 0.6) is 0 Å². The Morgan fingerprint density at radius 3 is 1.65 bits per heavy atom. The molecule has 1 rings (SSSR count). The molecule has 0 spiro atoms. The van der Waals surface area contributed by atoms with Crippen LogP contribution in [0.2, 0.25) is 0 Å². The van der Waals surface area contributed by atoms with Crippen LogP contribution in [0.25, 0.3) is 0 Å². The molecule has 0 heterocycles. The summed E-state index contributed by atoms with van der Waals surface area (Å²) in [5, 5.41) is 9.50. The maximum absolute atomic E-state index is 9.50. The molecule has 0 aliphatic heterocycles. The summed E-state index contributed by atoms with van der Waals surface area (Å²) >= 11 is 0. The second kappa shape index (κ2) is 14.2. The van der Waals surface area contributed by atoms with Crippen LogP contribution in [0.1, 0.15) is 95.1 Å². The van der Waals surface area contributed by atoms with Crippen LogP contribution in [0.3, 0.4) is 0 Å². The van der Waals surface area contributed by atoms with E-state index in [1.54, 1.807) is 0 Å². The van der Waals surface area contributed by atoms with Crippen LogP contribution in [-0.4, -0.2) is 30.2 Å². The quantitative estimate of drug-likeness (QED) is 0.264. The highest BCUT2D eigenvalue weighted by Gasteiger charge is 2.17. The Morgan fingerprint density at radius 2 is 1.15 bits per heavy atom. The minimum atomic E-state index is 0.148. The third-order valence-corrected chi connectivity index (χ3v) is 5.50. The first-order valence-corrected chi connectivity index (χ1v) is 11.1. The Balaban J connectivity index is 2.04. The zero-order chi connectivity index (χ0) is 19.1. The molecule has 0 amide bonds. The molecule has 2 heteroatoms. The molecule has 0 aliphatic rings. The first-order chi connectivity index (χ1) is 12.6. The summed E-state index contributed by atoms with van der Waals surface area (Å²) in [5.74, 6) is 0. The summed E-state index contributed by atoms with van der Waals surface area (Å²) in [6, 6.07) is 8.30. The van der Waals surface area contributed by atoms with Crippen molar-refractivity contribution >= 4 is 0 Å². The van der Waals surface area contributed by atoms with E-state index < -0.39 is 0 Å². The topological polar surface area (TPSA) is 20.2 Å². The number of quaternary nitrogens is 1. The Kier molecular flexibility index (Phi) is 12.7. The van der Waals surface area contributed by atoms with Crippen molar-refractivity contribution in [2.45, 2.75) is 97.1 Å². The minimum Gasteiger partial charge on any atom is -0.392 e. The molecular weight excluding hydrogens is 318 g/mol. The summed E-state index contributed by atoms with van der Waals surface area (Å²) < 4.78 is 1.01. The van der Waals surface area contributed by atoms with Crippen LogP contribution in [0.15, 0.2) is 24.3 Å². The molecule has 150 valence electrons. The van der Waals surface area contributed by atoms with E-state index in [2.05, 4.69) is 33.2 Å². The minimum absolute atomic E-state index is 0.148. The molecule has 0 aromatic heterocycles. The fourth-order valence-corrected chi connectivity index (χ4v) is 3.79. The van der Waals surface area contributed by atoms with Gasteiger partial charge in [-0.1, -0.05) is 95.4 Å². The highest BCUT2D eigenvalue weighted by molar-refractivity contribution is 5.25. The smallest absolute Gasteiger partial charge is 0.104 e. The predicted octanol–water partition coefficient (Wildman–Crippen LogP) is 6.46. The number of aliphatic hydroxyl groups is 1. The summed E-state index contributed by atoms with van der Waals surface area (Å²) in [6.45, 7) is 4.66. The molecule has 0 aliphatic carbocycles. The number of unbranched alkanes of at least 4 members (excludes halogenated alkanes) is 11. The molecule has 0 radical (unpaired) electrons. The number of hydrogen-bond acceptors (Lipinski definition) is 1. The van der Waals surface area contributed by atoms with Gasteiger partial charge in [0.15, 0.2) is 0 Å². The number of hydrogen-bond donors (Lipinski definition) is 1. The number of nitrogens with zero attached hydrogens (tertiary/aromatic N) is 1. The zero-order valence-corrected chi connectivity index (χ0v) is 17.8. The lowest BCUT2D eigenvalue weighted by Gasteiger charge is -2.30. The lowest BCUT2D eigenvalue weighted by atomic mass is 10.0. The van der Waals surface area contributed by atoms with Crippen LogP contribution in [0, 0.1) is 0 Å². The molecule has 0 saturated carbocycles. The number of aliphatic hydroxyl groups excluding tert-OH is 1. The SMILES string of the molecule is CCCCCCCCCCCCCC[N+](C)(C)Cc1ccccc1CO. The van der Waals surface area contributed by atoms with Crippen molar-refractivity contribution in [3.05, 3.63) is 35.4 Å². The van der Waals surface area contributed by atoms with Gasteiger partial charge in [0.2, 0.25) is 0 Å². The summed E-state index contributed by atoms with van der Waals surface area (Å²) in [7, 11) is 4.62. The second-order valence-electron chi connectivity index (χ2n) is 8.63. The summed E-state index contributed by atoms with van der Waals surface area (Å²) in [5.41, 5.74) is 2.37. The van der Waals surface area contributed by atoms with Gasteiger partial charge in [0.1, 0.15) is 6.54 Å². The normalized spacial score (nSPS) is 11.8. The molecule has 1 N–H and O–H groups in total. The molecule has 0 atom stereocenters. The first-order valence-electron chi connectivity index (χ1n) is 11.1. The van der Waals surface area contributed by atoms with Gasteiger partial charge in [0, 0.05) is 5.56 Å². The lowest BCUT2D eigenvalue weighted by molar-refractivity contribution is -0.903. The van der Waals surface area contributed by atoms with Gasteiger partial charge in [-0.05, 0) is 18.4 Å². The van der Waals surface area contributed by atoms with Gasteiger partial charge in [-0.25, -0.2) is 0 Å². The van der Waals surface area contributed by atoms with Crippen LogP contribution in [0.4, 0.5) is 0 Å². The van der Waals surface area contributed by atoms with E-state index in [4.69, 9.17) is 0 Å². The van der Waals surface area contributed by atoms with E-state index in [9.17, 15) is 5.11 Å². The van der Waals surface area contributed by atoms with E-state index in [0.29, 0.717) is 0 Å². The maximum Gasteiger partial charge on any atom is 0.104 e. The highest BCUT2D eigenvalue weighted by Crippen LogP contribution is 2.17. The Hall–Kier alpha value is -0.860. The van der Waals surface area contributed by atoms with E-state index in [1.165, 1.54) is 89.2 Å². The summed E-state index contributed by atoms with van der Waals surface area (Å²) in [6.07, 6.45) is 16.9. The third kappa shape index (κ3) is 11.0. The largest absolute Gasteiger partial charge is 0.392 e. The number of benzene rings is 1. The van der Waals surface area contributed by atoms with Crippen molar-refractivity contribution in [2.75, 3.05) is 20.6 Å². The fourth-order valence-electron chi connectivity index (χ4n) is 3.79. The van der Waals surface area contributed by atoms with Gasteiger partial charge in [0.05, 0.1) is 27.2 Å². The van der Waals surface area contributed by atoms with Crippen molar-refractivity contribution < 1.29 is 9.59 Å². The molecule has 0 unspecified atom stereocenters. The van der Waals surface area contributed by atoms with Crippen molar-refractivity contribution in [1.29, 1.82) is 0 Å². The van der Waals surface area contributed by atoms with E-state index in [1.807, 2.05) is 12.1 Å². The molecule has 0 fully saturated rings. The van der Waals surface area contributed by atoms with Gasteiger partial charge in [-0.2, -0.15) is 0 Å². The standard InChI is InChI=1S/C24H44NO/c1-4-5-6-7-8-9-10-11-12-13-14-17-20-25(2,3)21-23-18-15-16-19-24(23)22-26/h15-16,18-19,26H,4-14,17,20-22H2,1-3H3/q+1. The fraction of sp³-hybridized carbons (Fsp3) is 0.750. The van der Waals surface area contributed by atoms with Gasteiger partial charge < -0.3 is 9.59 Å². The monoisotopic (exact) mass is 362 g/mol. The predicted molar refractivity (Wildman–Crippen MR) is 114 cm³/mol. The van der Waals surface area contributed by atoms with E-state index in [-0.39, 0.29) is 6.61 Å². The van der Waals surface area contributed by atoms with Crippen LogP contribution < -0.4 is 0 Å². The average Bonchev–Trinajstić information content (AvgIpc) is 2.62. The lowest BCUT2D eigenvalue weighted by Crippen LogP contribution is -2.39. The third-order valence-electron chi connectivity index (χ3n) is 5.50. The molecule has 26 heavy (non-hydrogen) atoms. The molecular formula is C24H44NO+. The zero-order valence-electron chi connectivity index (χ0n) is 17.8. The highest BCUT2D eigenvalue weighted by atomic mass is 16.3. The van der Waals surface area contributed by atoms with Crippen molar-refractivity contribution in [3.63, 3.8) is 0 Å². The molecule has 1 aromatic carbocycles. The molecule has 0 bridgehead atoms. The number of rotatable bonds is 16. The van der Waals surface area contributed by atoms with Crippen molar-refractivity contribution in [2.24, 2.45) is 0 Å². The van der Waals surface area contributed by atoms with E-state index >= 15 is 0 Å². The summed E-state index contributed by atoms with van der Waals surface area (Å²) in [4.78, 5) is 0. The average molecular weight is 363 g/mol. The second-order valence-corrected chi connectivity index (χ2v) is 8.63.